The summed E-state index contributed by atoms with van der Waals surface area (Å²) in [6.45, 7) is 8.09. The molecule has 1 fully saturated rings. The molecule has 0 N–H and O–H groups in total. The molecule has 4 heteroatoms. The van der Waals surface area contributed by atoms with E-state index in [0.717, 1.165) is 44.8 Å². The molecule has 3 rings (SSSR count). The van der Waals surface area contributed by atoms with E-state index in [9.17, 15) is 4.39 Å². The lowest BCUT2D eigenvalue weighted by atomic mass is 10.1. The van der Waals surface area contributed by atoms with Gasteiger partial charge in [0.15, 0.2) is 0 Å². The summed E-state index contributed by atoms with van der Waals surface area (Å²) >= 11 is 6.13. The second-order valence-electron chi connectivity index (χ2n) is 6.21. The standard InChI is InChI=1S/C19H22ClFN2/c1-15-4-2-3-5-16(15)13-22-8-10-23(11-9-22)14-17-6-7-18(21)12-19(17)20/h2-7,12H,8-11,13-14H2,1H3. The lowest BCUT2D eigenvalue weighted by Gasteiger charge is -2.35. The number of piperazine rings is 1. The number of benzene rings is 2. The summed E-state index contributed by atoms with van der Waals surface area (Å²) in [5, 5.41) is 0.521. The second-order valence-corrected chi connectivity index (χ2v) is 6.62. The van der Waals surface area contributed by atoms with Gasteiger partial charge in [0, 0.05) is 44.3 Å². The molecule has 1 saturated heterocycles. The molecule has 1 heterocycles. The summed E-state index contributed by atoms with van der Waals surface area (Å²) < 4.78 is 13.1. The predicted molar refractivity (Wildman–Crippen MR) is 93.1 cm³/mol. The minimum absolute atomic E-state index is 0.276. The molecule has 2 nitrogen and oxygen atoms in total. The van der Waals surface area contributed by atoms with E-state index in [1.54, 1.807) is 6.07 Å². The third kappa shape index (κ3) is 4.31. The highest BCUT2D eigenvalue weighted by Gasteiger charge is 2.18. The fraction of sp³-hybridized carbons (Fsp3) is 0.368. The number of hydrogen-bond donors (Lipinski definition) is 0. The third-order valence-corrected chi connectivity index (χ3v) is 4.88. The SMILES string of the molecule is Cc1ccccc1CN1CCN(Cc2ccc(F)cc2Cl)CC1. The van der Waals surface area contributed by atoms with Gasteiger partial charge in [-0.1, -0.05) is 41.9 Å². The molecular formula is C19H22ClFN2. The maximum atomic E-state index is 13.1. The Balaban J connectivity index is 1.53. The highest BCUT2D eigenvalue weighted by Crippen LogP contribution is 2.20. The molecule has 0 aromatic heterocycles. The molecule has 122 valence electrons. The Kier molecular flexibility index (Phi) is 5.31. The van der Waals surface area contributed by atoms with E-state index in [1.165, 1.54) is 23.3 Å². The third-order valence-electron chi connectivity index (χ3n) is 4.53. The molecule has 0 atom stereocenters. The van der Waals surface area contributed by atoms with Crippen LogP contribution in [-0.4, -0.2) is 36.0 Å². The summed E-state index contributed by atoms with van der Waals surface area (Å²) in [5.41, 5.74) is 3.76. The van der Waals surface area contributed by atoms with Crippen molar-refractivity contribution in [1.29, 1.82) is 0 Å². The molecule has 0 aliphatic carbocycles. The van der Waals surface area contributed by atoms with E-state index >= 15 is 0 Å². The Morgan fingerprint density at radius 3 is 2.13 bits per heavy atom. The fourth-order valence-electron chi connectivity index (χ4n) is 3.02. The molecular weight excluding hydrogens is 311 g/mol. The topological polar surface area (TPSA) is 6.48 Å². The highest BCUT2D eigenvalue weighted by molar-refractivity contribution is 6.31. The Bertz CT molecular complexity index is 666. The minimum Gasteiger partial charge on any atom is -0.297 e. The number of rotatable bonds is 4. The normalized spacial score (nSPS) is 16.7. The number of aryl methyl sites for hydroxylation is 1. The first kappa shape index (κ1) is 16.4. The number of nitrogens with zero attached hydrogens (tertiary/aromatic N) is 2. The van der Waals surface area contributed by atoms with Gasteiger partial charge in [0.2, 0.25) is 0 Å². The summed E-state index contributed by atoms with van der Waals surface area (Å²) in [6, 6.07) is 13.2. The molecule has 0 amide bonds. The van der Waals surface area contributed by atoms with Crippen LogP contribution < -0.4 is 0 Å². The maximum absolute atomic E-state index is 13.1. The first-order chi connectivity index (χ1) is 11.1. The Morgan fingerprint density at radius 2 is 1.52 bits per heavy atom. The van der Waals surface area contributed by atoms with Gasteiger partial charge < -0.3 is 0 Å². The monoisotopic (exact) mass is 332 g/mol. The lowest BCUT2D eigenvalue weighted by molar-refractivity contribution is 0.122. The van der Waals surface area contributed by atoms with Crippen molar-refractivity contribution in [2.75, 3.05) is 26.2 Å². The van der Waals surface area contributed by atoms with Crippen LogP contribution in [0, 0.1) is 12.7 Å². The molecule has 0 bridgehead atoms. The van der Waals surface area contributed by atoms with Crippen molar-refractivity contribution >= 4 is 11.6 Å². The van der Waals surface area contributed by atoms with Gasteiger partial charge in [-0.3, -0.25) is 9.80 Å². The van der Waals surface area contributed by atoms with Gasteiger partial charge in [-0.2, -0.15) is 0 Å². The van der Waals surface area contributed by atoms with E-state index < -0.39 is 0 Å². The van der Waals surface area contributed by atoms with Gasteiger partial charge >= 0.3 is 0 Å². The highest BCUT2D eigenvalue weighted by atomic mass is 35.5. The van der Waals surface area contributed by atoms with Gasteiger partial charge in [0.1, 0.15) is 5.82 Å². The van der Waals surface area contributed by atoms with Gasteiger partial charge in [-0.25, -0.2) is 4.39 Å². The van der Waals surface area contributed by atoms with Gasteiger partial charge in [0.25, 0.3) is 0 Å². The average Bonchev–Trinajstić information content (AvgIpc) is 2.54. The van der Waals surface area contributed by atoms with E-state index in [2.05, 4.69) is 41.0 Å². The first-order valence-corrected chi connectivity index (χ1v) is 8.43. The molecule has 0 saturated carbocycles. The van der Waals surface area contributed by atoms with Crippen molar-refractivity contribution in [3.05, 3.63) is 70.0 Å². The quantitative estimate of drug-likeness (QED) is 0.831. The van der Waals surface area contributed by atoms with Crippen molar-refractivity contribution in [2.45, 2.75) is 20.0 Å². The summed E-state index contributed by atoms with van der Waals surface area (Å²) in [4.78, 5) is 4.87. The van der Waals surface area contributed by atoms with Crippen LogP contribution in [0.3, 0.4) is 0 Å². The molecule has 0 spiro atoms. The summed E-state index contributed by atoms with van der Waals surface area (Å²) in [5.74, 6) is -0.276. The smallest absolute Gasteiger partial charge is 0.124 e. The van der Waals surface area contributed by atoms with Crippen molar-refractivity contribution in [3.63, 3.8) is 0 Å². The van der Waals surface area contributed by atoms with Gasteiger partial charge in [-0.05, 0) is 35.7 Å². The Morgan fingerprint density at radius 1 is 0.913 bits per heavy atom. The van der Waals surface area contributed by atoms with Gasteiger partial charge in [0.05, 0.1) is 0 Å². The molecule has 0 radical (unpaired) electrons. The zero-order chi connectivity index (χ0) is 16.2. The lowest BCUT2D eigenvalue weighted by Crippen LogP contribution is -2.45. The van der Waals surface area contributed by atoms with E-state index in [-0.39, 0.29) is 5.82 Å². The van der Waals surface area contributed by atoms with Crippen LogP contribution in [0.5, 0.6) is 0 Å². The first-order valence-electron chi connectivity index (χ1n) is 8.05. The number of hydrogen-bond acceptors (Lipinski definition) is 2. The van der Waals surface area contributed by atoms with Crippen molar-refractivity contribution < 1.29 is 4.39 Å². The van der Waals surface area contributed by atoms with Crippen LogP contribution in [0.4, 0.5) is 4.39 Å². The van der Waals surface area contributed by atoms with Crippen LogP contribution in [-0.2, 0) is 13.1 Å². The minimum atomic E-state index is -0.276. The fourth-order valence-corrected chi connectivity index (χ4v) is 3.25. The molecule has 1 aliphatic rings. The van der Waals surface area contributed by atoms with Crippen LogP contribution >= 0.6 is 11.6 Å². The summed E-state index contributed by atoms with van der Waals surface area (Å²) in [6.07, 6.45) is 0. The average molecular weight is 333 g/mol. The molecule has 2 aromatic rings. The van der Waals surface area contributed by atoms with E-state index in [0.29, 0.717) is 5.02 Å². The predicted octanol–water partition coefficient (Wildman–Crippen LogP) is 4.11. The maximum Gasteiger partial charge on any atom is 0.124 e. The molecule has 23 heavy (non-hydrogen) atoms. The van der Waals surface area contributed by atoms with Crippen molar-refractivity contribution in [1.82, 2.24) is 9.80 Å². The molecule has 0 unspecified atom stereocenters. The van der Waals surface area contributed by atoms with Crippen molar-refractivity contribution in [3.8, 4) is 0 Å². The van der Waals surface area contributed by atoms with Crippen LogP contribution in [0.25, 0.3) is 0 Å². The van der Waals surface area contributed by atoms with E-state index in [1.807, 2.05) is 0 Å². The van der Waals surface area contributed by atoms with Crippen LogP contribution in [0.15, 0.2) is 42.5 Å². The van der Waals surface area contributed by atoms with Crippen LogP contribution in [0.2, 0.25) is 5.02 Å². The largest absolute Gasteiger partial charge is 0.297 e. The van der Waals surface area contributed by atoms with Gasteiger partial charge in [-0.15, -0.1) is 0 Å². The zero-order valence-corrected chi connectivity index (χ0v) is 14.2. The number of halogens is 2. The van der Waals surface area contributed by atoms with E-state index in [4.69, 9.17) is 11.6 Å². The molecule has 1 aliphatic heterocycles. The Hall–Kier alpha value is -1.42. The summed E-state index contributed by atoms with van der Waals surface area (Å²) in [7, 11) is 0. The second kappa shape index (κ2) is 7.43. The zero-order valence-electron chi connectivity index (χ0n) is 13.4. The van der Waals surface area contributed by atoms with Crippen molar-refractivity contribution in [2.24, 2.45) is 0 Å². The Labute approximate surface area is 142 Å². The molecule has 2 aromatic carbocycles. The van der Waals surface area contributed by atoms with Crippen LogP contribution in [0.1, 0.15) is 16.7 Å².